The molecule has 1 amide bonds. The monoisotopic (exact) mass is 543 g/mol. The van der Waals surface area contributed by atoms with Crippen LogP contribution in [0.3, 0.4) is 0 Å². The van der Waals surface area contributed by atoms with E-state index < -0.39 is 0 Å². The summed E-state index contributed by atoms with van der Waals surface area (Å²) in [4.78, 5) is 18.5. The van der Waals surface area contributed by atoms with Crippen molar-refractivity contribution in [1.82, 2.24) is 16.0 Å². The molecular formula is C22H31FIN5O2. The van der Waals surface area contributed by atoms with Gasteiger partial charge in [0.2, 0.25) is 0 Å². The largest absolute Gasteiger partial charge is 0.459 e. The van der Waals surface area contributed by atoms with Gasteiger partial charge in [-0.3, -0.25) is 9.79 Å². The summed E-state index contributed by atoms with van der Waals surface area (Å²) in [5, 5.41) is 9.60. The number of benzene rings is 1. The van der Waals surface area contributed by atoms with Crippen LogP contribution in [-0.2, 0) is 0 Å². The van der Waals surface area contributed by atoms with E-state index in [0.717, 1.165) is 49.6 Å². The molecule has 0 saturated carbocycles. The summed E-state index contributed by atoms with van der Waals surface area (Å²) in [6.45, 7) is 4.83. The first kappa shape index (κ1) is 25.0. The Bertz CT molecular complexity index is 865. The third kappa shape index (κ3) is 7.41. The first-order valence-electron chi connectivity index (χ1n) is 10.4. The van der Waals surface area contributed by atoms with Crippen molar-refractivity contribution in [2.24, 2.45) is 4.99 Å². The number of halogens is 2. The van der Waals surface area contributed by atoms with E-state index in [1.54, 1.807) is 25.2 Å². The number of aliphatic imine (C=N–C) groups is 1. The standard InChI is InChI=1S/C22H30FN5O2.HI/c1-16-9-14-30-20(16)21(29)25-10-4-11-26-22(24-2)27-18-7-12-28(13-8-18)19-6-3-5-17(23)15-19;/h3,5-6,9,14-15,18H,4,7-8,10-13H2,1-2H3,(H,25,29)(H2,24,26,27);1H. The van der Waals surface area contributed by atoms with Crippen molar-refractivity contribution in [3.63, 3.8) is 0 Å². The average Bonchev–Trinajstić information content (AvgIpc) is 3.19. The number of nitrogens with one attached hydrogen (secondary N) is 3. The highest BCUT2D eigenvalue weighted by molar-refractivity contribution is 14.0. The molecular weight excluding hydrogens is 512 g/mol. The van der Waals surface area contributed by atoms with Gasteiger partial charge in [0.1, 0.15) is 5.82 Å². The molecule has 3 rings (SSSR count). The van der Waals surface area contributed by atoms with Crippen LogP contribution in [0.4, 0.5) is 10.1 Å². The van der Waals surface area contributed by atoms with Gasteiger partial charge in [0, 0.05) is 50.5 Å². The summed E-state index contributed by atoms with van der Waals surface area (Å²) in [6.07, 6.45) is 4.19. The number of guanidine groups is 1. The normalized spacial score (nSPS) is 14.7. The van der Waals surface area contributed by atoms with E-state index in [4.69, 9.17) is 4.42 Å². The minimum Gasteiger partial charge on any atom is -0.459 e. The average molecular weight is 543 g/mol. The van der Waals surface area contributed by atoms with E-state index in [-0.39, 0.29) is 35.7 Å². The Morgan fingerprint density at radius 3 is 2.61 bits per heavy atom. The van der Waals surface area contributed by atoms with Gasteiger partial charge >= 0.3 is 0 Å². The molecule has 0 unspecified atom stereocenters. The lowest BCUT2D eigenvalue weighted by molar-refractivity contribution is 0.0925. The van der Waals surface area contributed by atoms with Gasteiger partial charge in [-0.05, 0) is 50.5 Å². The zero-order valence-electron chi connectivity index (χ0n) is 18.0. The Morgan fingerprint density at radius 1 is 1.23 bits per heavy atom. The quantitative estimate of drug-likeness (QED) is 0.216. The number of hydrogen-bond donors (Lipinski definition) is 3. The lowest BCUT2D eigenvalue weighted by atomic mass is 10.0. The zero-order chi connectivity index (χ0) is 21.3. The molecule has 3 N–H and O–H groups in total. The van der Waals surface area contributed by atoms with Gasteiger partial charge in [0.15, 0.2) is 11.7 Å². The van der Waals surface area contributed by atoms with Crippen LogP contribution < -0.4 is 20.9 Å². The molecule has 1 aromatic carbocycles. The van der Waals surface area contributed by atoms with Crippen LogP contribution >= 0.6 is 24.0 Å². The third-order valence-electron chi connectivity index (χ3n) is 5.23. The minimum atomic E-state index is -0.201. The number of carbonyl (C=O) groups is 1. The Kier molecular flexibility index (Phi) is 10.1. The highest BCUT2D eigenvalue weighted by atomic mass is 127. The van der Waals surface area contributed by atoms with Crippen molar-refractivity contribution in [1.29, 1.82) is 0 Å². The molecule has 0 spiro atoms. The molecule has 1 aromatic heterocycles. The summed E-state index contributed by atoms with van der Waals surface area (Å²) < 4.78 is 18.6. The van der Waals surface area contributed by atoms with E-state index in [9.17, 15) is 9.18 Å². The van der Waals surface area contributed by atoms with Crippen molar-refractivity contribution < 1.29 is 13.6 Å². The summed E-state index contributed by atoms with van der Waals surface area (Å²) >= 11 is 0. The Morgan fingerprint density at radius 2 is 1.97 bits per heavy atom. The number of carbonyl (C=O) groups excluding carboxylic acids is 1. The van der Waals surface area contributed by atoms with Crippen molar-refractivity contribution in [2.45, 2.75) is 32.2 Å². The van der Waals surface area contributed by atoms with Crippen LogP contribution in [0.2, 0.25) is 0 Å². The number of aryl methyl sites for hydroxylation is 1. The summed E-state index contributed by atoms with van der Waals surface area (Å²) in [6, 6.07) is 8.84. The number of rotatable bonds is 7. The first-order chi connectivity index (χ1) is 14.6. The molecule has 1 fully saturated rings. The molecule has 0 atom stereocenters. The molecule has 0 bridgehead atoms. The smallest absolute Gasteiger partial charge is 0.287 e. The predicted octanol–water partition coefficient (Wildman–Crippen LogP) is 3.30. The van der Waals surface area contributed by atoms with Crippen molar-refractivity contribution in [3.8, 4) is 0 Å². The molecule has 31 heavy (non-hydrogen) atoms. The van der Waals surface area contributed by atoms with Gasteiger partial charge in [-0.15, -0.1) is 24.0 Å². The molecule has 0 radical (unpaired) electrons. The molecule has 0 aliphatic carbocycles. The third-order valence-corrected chi connectivity index (χ3v) is 5.23. The SMILES string of the molecule is CN=C(NCCCNC(=O)c1occc1C)NC1CCN(c2cccc(F)c2)CC1.I. The molecule has 2 aromatic rings. The number of piperidine rings is 1. The fraction of sp³-hybridized carbons (Fsp3) is 0.455. The maximum atomic E-state index is 13.4. The number of hydrogen-bond acceptors (Lipinski definition) is 4. The van der Waals surface area contributed by atoms with Crippen molar-refractivity contribution in [3.05, 3.63) is 53.7 Å². The lowest BCUT2D eigenvalue weighted by Gasteiger charge is -2.34. The molecule has 1 aliphatic rings. The van der Waals surface area contributed by atoms with Crippen LogP contribution in [0.25, 0.3) is 0 Å². The molecule has 1 saturated heterocycles. The number of anilines is 1. The van der Waals surface area contributed by atoms with Gasteiger partial charge in [0.05, 0.1) is 6.26 Å². The van der Waals surface area contributed by atoms with Gasteiger partial charge in [-0.25, -0.2) is 4.39 Å². The number of furan rings is 1. The van der Waals surface area contributed by atoms with E-state index in [0.29, 0.717) is 24.9 Å². The van der Waals surface area contributed by atoms with Crippen LogP contribution in [0.5, 0.6) is 0 Å². The summed E-state index contributed by atoms with van der Waals surface area (Å²) in [5.74, 6) is 0.732. The van der Waals surface area contributed by atoms with E-state index >= 15 is 0 Å². The van der Waals surface area contributed by atoms with Gasteiger partial charge < -0.3 is 25.3 Å². The zero-order valence-corrected chi connectivity index (χ0v) is 20.3. The van der Waals surface area contributed by atoms with Gasteiger partial charge in [-0.2, -0.15) is 0 Å². The minimum absolute atomic E-state index is 0. The van der Waals surface area contributed by atoms with Crippen LogP contribution in [0.15, 0.2) is 46.0 Å². The fourth-order valence-electron chi connectivity index (χ4n) is 3.53. The Hall–Kier alpha value is -2.30. The van der Waals surface area contributed by atoms with E-state index in [1.165, 1.54) is 12.3 Å². The van der Waals surface area contributed by atoms with Crippen LogP contribution in [0, 0.1) is 12.7 Å². The number of amides is 1. The second-order valence-corrected chi connectivity index (χ2v) is 7.43. The second kappa shape index (κ2) is 12.5. The predicted molar refractivity (Wildman–Crippen MR) is 132 cm³/mol. The van der Waals surface area contributed by atoms with Gasteiger partial charge in [0.25, 0.3) is 5.91 Å². The first-order valence-corrected chi connectivity index (χ1v) is 10.4. The number of nitrogens with zero attached hydrogens (tertiary/aromatic N) is 2. The highest BCUT2D eigenvalue weighted by Crippen LogP contribution is 2.20. The van der Waals surface area contributed by atoms with Crippen molar-refractivity contribution in [2.75, 3.05) is 38.1 Å². The molecule has 7 nitrogen and oxygen atoms in total. The molecule has 9 heteroatoms. The molecule has 170 valence electrons. The summed E-state index contributed by atoms with van der Waals surface area (Å²) in [7, 11) is 1.75. The maximum absolute atomic E-state index is 13.4. The lowest BCUT2D eigenvalue weighted by Crippen LogP contribution is -2.49. The maximum Gasteiger partial charge on any atom is 0.287 e. The Balaban J connectivity index is 0.00000341. The summed E-state index contributed by atoms with van der Waals surface area (Å²) in [5.41, 5.74) is 1.77. The van der Waals surface area contributed by atoms with Crippen molar-refractivity contribution >= 4 is 41.5 Å². The van der Waals surface area contributed by atoms with E-state index in [2.05, 4.69) is 25.8 Å². The molecule has 2 heterocycles. The highest BCUT2D eigenvalue weighted by Gasteiger charge is 2.20. The Labute approximate surface area is 199 Å². The van der Waals surface area contributed by atoms with E-state index in [1.807, 2.05) is 13.0 Å². The molecule has 1 aliphatic heterocycles. The second-order valence-electron chi connectivity index (χ2n) is 7.43. The van der Waals surface area contributed by atoms with Crippen LogP contribution in [0.1, 0.15) is 35.4 Å². The fourth-order valence-corrected chi connectivity index (χ4v) is 3.53. The van der Waals surface area contributed by atoms with Gasteiger partial charge in [-0.1, -0.05) is 6.07 Å². The van der Waals surface area contributed by atoms with Crippen LogP contribution in [-0.4, -0.2) is 51.1 Å². The topological polar surface area (TPSA) is 81.9 Å².